The minimum absolute atomic E-state index is 0.0534. The van der Waals surface area contributed by atoms with Gasteiger partial charge in [0.1, 0.15) is 17.2 Å². The van der Waals surface area contributed by atoms with Crippen molar-refractivity contribution >= 4 is 44.4 Å². The lowest BCUT2D eigenvalue weighted by atomic mass is 10.2. The van der Waals surface area contributed by atoms with E-state index in [2.05, 4.69) is 20.9 Å². The first-order valence-corrected chi connectivity index (χ1v) is 8.30. The molecular formula is C14H10BrF2N3O3S. The van der Waals surface area contributed by atoms with Gasteiger partial charge in [-0.25, -0.2) is 28.3 Å². The second-order valence-corrected chi connectivity index (χ2v) is 7.32. The van der Waals surface area contributed by atoms with Crippen LogP contribution in [0.2, 0.25) is 0 Å². The molecule has 6 nitrogen and oxygen atoms in total. The Kier molecular flexibility index (Phi) is 4.50. The van der Waals surface area contributed by atoms with Gasteiger partial charge in [0, 0.05) is 7.05 Å². The highest BCUT2D eigenvalue weighted by molar-refractivity contribution is 9.11. The van der Waals surface area contributed by atoms with Gasteiger partial charge < -0.3 is 9.64 Å². The van der Waals surface area contributed by atoms with Crippen LogP contribution in [0.5, 0.6) is 0 Å². The molecule has 0 spiro atoms. The van der Waals surface area contributed by atoms with E-state index >= 15 is 0 Å². The van der Waals surface area contributed by atoms with Gasteiger partial charge in [0.2, 0.25) is 6.23 Å². The first-order valence-electron chi connectivity index (χ1n) is 6.69. The maximum absolute atomic E-state index is 13.7. The molecule has 0 saturated carbocycles. The Morgan fingerprint density at radius 3 is 2.67 bits per heavy atom. The Morgan fingerprint density at radius 2 is 2.08 bits per heavy atom. The van der Waals surface area contributed by atoms with Gasteiger partial charge in [-0.15, -0.1) is 0 Å². The number of anilines is 1. The first-order chi connectivity index (χ1) is 11.4. The van der Waals surface area contributed by atoms with Gasteiger partial charge in [-0.2, -0.15) is 0 Å². The fourth-order valence-corrected chi connectivity index (χ4v) is 3.44. The lowest BCUT2D eigenvalue weighted by Crippen LogP contribution is -2.37. The summed E-state index contributed by atoms with van der Waals surface area (Å²) in [6, 6.07) is 2.64. The number of aromatic nitrogens is 1. The number of halogens is 3. The molecule has 0 bridgehead atoms. The molecular weight excluding hydrogens is 408 g/mol. The Balaban J connectivity index is 1.87. The van der Waals surface area contributed by atoms with Gasteiger partial charge in [0.25, 0.3) is 0 Å². The summed E-state index contributed by atoms with van der Waals surface area (Å²) in [6.07, 6.45) is 0.466. The van der Waals surface area contributed by atoms with Crippen molar-refractivity contribution < 1.29 is 23.1 Å². The molecule has 0 N–H and O–H groups in total. The van der Waals surface area contributed by atoms with Crippen molar-refractivity contribution in [2.75, 3.05) is 18.5 Å². The van der Waals surface area contributed by atoms with Crippen LogP contribution in [-0.2, 0) is 4.74 Å². The summed E-state index contributed by atoms with van der Waals surface area (Å²) in [6.45, 7) is 0.0534. The number of likely N-dealkylation sites (N-methyl/N-ethyl adjacent to an activating group) is 1. The van der Waals surface area contributed by atoms with Crippen LogP contribution in [0.4, 0.5) is 18.7 Å². The smallest absolute Gasteiger partial charge is 0.346 e. The summed E-state index contributed by atoms with van der Waals surface area (Å²) < 4.78 is 33.3. The van der Waals surface area contributed by atoms with E-state index in [0.29, 0.717) is 8.92 Å². The van der Waals surface area contributed by atoms with E-state index in [-0.39, 0.29) is 6.54 Å². The Labute approximate surface area is 147 Å². The zero-order valence-electron chi connectivity index (χ0n) is 12.2. The first kappa shape index (κ1) is 16.8. The van der Waals surface area contributed by atoms with Crippen molar-refractivity contribution in [3.05, 3.63) is 45.4 Å². The van der Waals surface area contributed by atoms with Crippen molar-refractivity contribution in [1.82, 2.24) is 9.88 Å². The van der Waals surface area contributed by atoms with Gasteiger partial charge in [0.15, 0.2) is 5.13 Å². The van der Waals surface area contributed by atoms with Crippen molar-refractivity contribution in [3.8, 4) is 0 Å². The molecule has 10 heteroatoms. The summed E-state index contributed by atoms with van der Waals surface area (Å²) >= 11 is 4.41. The molecule has 1 aromatic carbocycles. The minimum atomic E-state index is -1.18. The zero-order chi connectivity index (χ0) is 17.4. The monoisotopic (exact) mass is 417 g/mol. The van der Waals surface area contributed by atoms with Crippen LogP contribution in [0.25, 0.3) is 0 Å². The molecule has 2 heterocycles. The van der Waals surface area contributed by atoms with Crippen LogP contribution in [0.15, 0.2) is 28.2 Å². The lowest BCUT2D eigenvalue weighted by molar-refractivity contribution is 0.0320. The van der Waals surface area contributed by atoms with Gasteiger partial charge in [-0.1, -0.05) is 17.4 Å². The van der Waals surface area contributed by atoms with E-state index < -0.39 is 35.4 Å². The number of carbonyl (C=O) groups excluding carboxylic acids is 2. The van der Waals surface area contributed by atoms with Crippen molar-refractivity contribution in [2.45, 2.75) is 6.23 Å². The van der Waals surface area contributed by atoms with Crippen LogP contribution in [0, 0.1) is 11.6 Å². The predicted octanol–water partition coefficient (Wildman–Crippen LogP) is 3.24. The summed E-state index contributed by atoms with van der Waals surface area (Å²) in [7, 11) is 1.52. The fraction of sp³-hybridized carbons (Fsp3) is 0.214. The number of amides is 2. The predicted molar refractivity (Wildman–Crippen MR) is 85.9 cm³/mol. The van der Waals surface area contributed by atoms with Crippen LogP contribution in [-0.4, -0.2) is 41.7 Å². The Hall–Kier alpha value is -2.07. The van der Waals surface area contributed by atoms with E-state index in [1.54, 1.807) is 0 Å². The molecule has 1 unspecified atom stereocenters. The van der Waals surface area contributed by atoms with E-state index in [9.17, 15) is 18.4 Å². The summed E-state index contributed by atoms with van der Waals surface area (Å²) in [5.41, 5.74) is -0.792. The number of thiazole rings is 1. The topological polar surface area (TPSA) is 62.7 Å². The van der Waals surface area contributed by atoms with Crippen LogP contribution in [0.1, 0.15) is 10.4 Å². The Bertz CT molecular complexity index is 796. The third-order valence-electron chi connectivity index (χ3n) is 3.33. The van der Waals surface area contributed by atoms with E-state index in [1.807, 2.05) is 0 Å². The second kappa shape index (κ2) is 6.44. The third kappa shape index (κ3) is 2.98. The average molecular weight is 418 g/mol. The second-order valence-electron chi connectivity index (χ2n) is 4.94. The number of hydrogen-bond donors (Lipinski definition) is 0. The number of carbonyl (C=O) groups is 2. The van der Waals surface area contributed by atoms with Crippen molar-refractivity contribution in [1.29, 1.82) is 0 Å². The third-order valence-corrected chi connectivity index (χ3v) is 4.81. The maximum atomic E-state index is 13.7. The quantitative estimate of drug-likeness (QED) is 0.719. The molecule has 1 saturated heterocycles. The van der Waals surface area contributed by atoms with Crippen LogP contribution >= 0.6 is 27.3 Å². The fourth-order valence-electron chi connectivity index (χ4n) is 2.23. The Morgan fingerprint density at radius 1 is 1.42 bits per heavy atom. The average Bonchev–Trinajstić information content (AvgIpc) is 3.03. The number of hydrogen-bond acceptors (Lipinski definition) is 5. The van der Waals surface area contributed by atoms with Gasteiger partial charge in [-0.3, -0.25) is 0 Å². The van der Waals surface area contributed by atoms with Crippen LogP contribution < -0.4 is 4.90 Å². The van der Waals surface area contributed by atoms with Crippen molar-refractivity contribution in [2.24, 2.45) is 0 Å². The molecule has 0 aliphatic carbocycles. The minimum Gasteiger partial charge on any atom is -0.435 e. The SMILES string of the molecule is CN1CC(OC(=O)c2c(F)cccc2F)N(c2ncc(Br)s2)C1=O. The maximum Gasteiger partial charge on any atom is 0.346 e. The molecule has 2 amide bonds. The number of rotatable bonds is 3. The highest BCUT2D eigenvalue weighted by Crippen LogP contribution is 2.32. The molecule has 24 heavy (non-hydrogen) atoms. The molecule has 126 valence electrons. The highest BCUT2D eigenvalue weighted by Gasteiger charge is 2.41. The number of esters is 1. The van der Waals surface area contributed by atoms with Gasteiger partial charge in [-0.05, 0) is 28.1 Å². The number of urea groups is 1. The molecule has 1 aromatic heterocycles. The molecule has 2 aromatic rings. The number of benzene rings is 1. The van der Waals surface area contributed by atoms with Crippen LogP contribution in [0.3, 0.4) is 0 Å². The summed E-state index contributed by atoms with van der Waals surface area (Å²) in [4.78, 5) is 30.9. The molecule has 0 radical (unpaired) electrons. The lowest BCUT2D eigenvalue weighted by Gasteiger charge is -2.20. The van der Waals surface area contributed by atoms with Gasteiger partial charge in [0.05, 0.1) is 16.5 Å². The zero-order valence-corrected chi connectivity index (χ0v) is 14.6. The number of ether oxygens (including phenoxy) is 1. The standard InChI is InChI=1S/C14H10BrF2N3O3S/c1-19-6-10(20(14(19)22)13-18-5-9(15)24-13)23-12(21)11-7(16)3-2-4-8(11)17/h2-5,10H,6H2,1H3. The molecule has 1 aliphatic rings. The highest BCUT2D eigenvalue weighted by atomic mass is 79.9. The molecule has 1 fully saturated rings. The van der Waals surface area contributed by atoms with E-state index in [1.165, 1.54) is 34.4 Å². The van der Waals surface area contributed by atoms with Crippen molar-refractivity contribution in [3.63, 3.8) is 0 Å². The molecule has 3 rings (SSSR count). The number of nitrogens with zero attached hydrogens (tertiary/aromatic N) is 3. The van der Waals surface area contributed by atoms with Gasteiger partial charge >= 0.3 is 12.0 Å². The van der Waals surface area contributed by atoms with E-state index in [4.69, 9.17) is 4.74 Å². The molecule has 1 atom stereocenters. The summed E-state index contributed by atoms with van der Waals surface area (Å²) in [5, 5.41) is 0.308. The largest absolute Gasteiger partial charge is 0.435 e. The molecule has 1 aliphatic heterocycles. The summed E-state index contributed by atoms with van der Waals surface area (Å²) in [5.74, 6) is -3.23. The normalized spacial score (nSPS) is 17.5. The van der Waals surface area contributed by atoms with E-state index in [0.717, 1.165) is 18.2 Å².